The number of carboxylic acid groups (broad SMARTS) is 1. The molecule has 2 aromatic heterocycles. The zero-order valence-corrected chi connectivity index (χ0v) is 26.1. The molecular formula is C30H33ClN5O8S+. The van der Waals surface area contributed by atoms with E-state index in [9.17, 15) is 27.9 Å². The minimum absolute atomic E-state index is 0.0330. The predicted octanol–water partition coefficient (Wildman–Crippen LogP) is 2.47. The first-order valence-electron chi connectivity index (χ1n) is 14.1. The highest BCUT2D eigenvalue weighted by molar-refractivity contribution is 7.90. The third-order valence-electron chi connectivity index (χ3n) is 7.09. The number of nitrogens with zero attached hydrogens (tertiary/aromatic N) is 5. The maximum absolute atomic E-state index is 12.2. The molecule has 0 unspecified atom stereocenters. The Morgan fingerprint density at radius 1 is 1.07 bits per heavy atom. The number of aliphatic carboxylic acids is 1. The van der Waals surface area contributed by atoms with Gasteiger partial charge >= 0.3 is 5.97 Å². The predicted molar refractivity (Wildman–Crippen MR) is 162 cm³/mol. The molecule has 1 saturated heterocycles. The Bertz CT molecular complexity index is 1680. The van der Waals surface area contributed by atoms with Crippen molar-refractivity contribution in [2.24, 2.45) is 0 Å². The number of sulfone groups is 1. The fraction of sp³-hybridized carbons (Fsp3) is 0.367. The monoisotopic (exact) mass is 658 g/mol. The van der Waals surface area contributed by atoms with Crippen molar-refractivity contribution >= 4 is 44.7 Å². The van der Waals surface area contributed by atoms with Crippen molar-refractivity contribution in [3.05, 3.63) is 70.8 Å². The van der Waals surface area contributed by atoms with Crippen LogP contribution >= 0.6 is 11.6 Å². The lowest BCUT2D eigenvalue weighted by Gasteiger charge is -2.28. The Kier molecular flexibility index (Phi) is 11.4. The van der Waals surface area contributed by atoms with E-state index in [2.05, 4.69) is 15.1 Å². The van der Waals surface area contributed by atoms with Crippen molar-refractivity contribution in [2.75, 3.05) is 32.6 Å². The summed E-state index contributed by atoms with van der Waals surface area (Å²) in [7, 11) is -3.57. The van der Waals surface area contributed by atoms with Gasteiger partial charge in [0.1, 0.15) is 23.9 Å². The lowest BCUT2D eigenvalue weighted by molar-refractivity contribution is -0.752. The number of carboxylic acids is 1. The van der Waals surface area contributed by atoms with E-state index in [0.29, 0.717) is 50.7 Å². The van der Waals surface area contributed by atoms with E-state index in [4.69, 9.17) is 21.4 Å². The average Bonchev–Trinajstić information content (AvgIpc) is 3.02. The minimum Gasteiger partial charge on any atom is -0.506 e. The molecule has 1 saturated carbocycles. The van der Waals surface area contributed by atoms with Gasteiger partial charge in [-0.1, -0.05) is 16.3 Å². The molecule has 3 heterocycles. The number of halogens is 1. The summed E-state index contributed by atoms with van der Waals surface area (Å²) in [5, 5.41) is 23.3. The van der Waals surface area contributed by atoms with Crippen LogP contribution in [0.1, 0.15) is 36.8 Å². The molecule has 1 aromatic carbocycles. The number of Topliss-reactive ketones (excluding diaryl/α,β-unsaturated/α-hetero) is 2. The van der Waals surface area contributed by atoms with Crippen LogP contribution in [-0.4, -0.2) is 88.7 Å². The third kappa shape index (κ3) is 8.97. The molecule has 0 radical (unpaired) electrons. The number of benzene rings is 1. The van der Waals surface area contributed by atoms with E-state index in [1.165, 1.54) is 12.1 Å². The molecule has 2 aliphatic rings. The Morgan fingerprint density at radius 2 is 1.73 bits per heavy atom. The number of carbonyl (C=O) groups excluding carboxylic acids is 2. The van der Waals surface area contributed by atoms with Gasteiger partial charge in [-0.2, -0.15) is 0 Å². The first-order valence-corrected chi connectivity index (χ1v) is 16.4. The van der Waals surface area contributed by atoms with Crippen molar-refractivity contribution < 1.29 is 42.4 Å². The lowest BCUT2D eigenvalue weighted by atomic mass is 9.89. The number of ketones is 2. The van der Waals surface area contributed by atoms with Crippen LogP contribution in [0.15, 0.2) is 59.5 Å². The Balaban J connectivity index is 0.000000231. The first kappa shape index (κ1) is 33.8. The molecule has 13 nitrogen and oxygen atoms in total. The van der Waals surface area contributed by atoms with Gasteiger partial charge in [-0.25, -0.2) is 18.4 Å². The summed E-state index contributed by atoms with van der Waals surface area (Å²) >= 11 is 6.51. The van der Waals surface area contributed by atoms with Crippen molar-refractivity contribution in [3.63, 3.8) is 0 Å². The number of ether oxygens (including phenoxy) is 1. The van der Waals surface area contributed by atoms with Crippen molar-refractivity contribution in [3.8, 4) is 11.4 Å². The number of aliphatic hydroxyl groups is 1. The van der Waals surface area contributed by atoms with Gasteiger partial charge in [-0.3, -0.25) is 19.3 Å². The Morgan fingerprint density at radius 3 is 2.31 bits per heavy atom. The second-order valence-corrected chi connectivity index (χ2v) is 12.7. The van der Waals surface area contributed by atoms with Crippen molar-refractivity contribution in [1.29, 1.82) is 0 Å². The molecule has 5 rings (SSSR count). The fourth-order valence-electron chi connectivity index (χ4n) is 4.78. The molecule has 2 N–H and O–H groups in total. The van der Waals surface area contributed by atoms with E-state index < -0.39 is 33.1 Å². The number of rotatable bonds is 8. The topological polar surface area (TPSA) is 181 Å². The van der Waals surface area contributed by atoms with Crippen LogP contribution in [0.3, 0.4) is 0 Å². The molecule has 0 spiro atoms. The number of hydrogen-bond donors (Lipinski definition) is 2. The zero-order chi connectivity index (χ0) is 32.6. The van der Waals surface area contributed by atoms with E-state index in [1.54, 1.807) is 35.5 Å². The number of aryl methyl sites for hydroxylation is 1. The van der Waals surface area contributed by atoms with Crippen LogP contribution in [0.2, 0.25) is 5.02 Å². The van der Waals surface area contributed by atoms with Crippen LogP contribution in [0.5, 0.6) is 0 Å². The Labute approximate surface area is 265 Å². The molecule has 3 aromatic rings. The maximum atomic E-state index is 12.2. The van der Waals surface area contributed by atoms with Crippen LogP contribution < -0.4 is 4.68 Å². The second kappa shape index (κ2) is 15.3. The van der Waals surface area contributed by atoms with Gasteiger partial charge in [0, 0.05) is 73.9 Å². The van der Waals surface area contributed by atoms with Gasteiger partial charge in [-0.15, -0.1) is 0 Å². The highest BCUT2D eigenvalue weighted by Crippen LogP contribution is 2.35. The number of allylic oxidation sites excluding steroid dienone is 1. The molecule has 0 amide bonds. The van der Waals surface area contributed by atoms with Gasteiger partial charge in [0.2, 0.25) is 0 Å². The quantitative estimate of drug-likeness (QED) is 0.156. The Hall–Kier alpha value is -4.11. The van der Waals surface area contributed by atoms with Crippen LogP contribution in [-0.2, 0) is 42.0 Å². The number of hydrogen-bond acceptors (Lipinski definition) is 11. The van der Waals surface area contributed by atoms with Crippen molar-refractivity contribution in [1.82, 2.24) is 20.0 Å². The maximum Gasteiger partial charge on any atom is 0.309 e. The van der Waals surface area contributed by atoms with Gasteiger partial charge < -0.3 is 14.9 Å². The molecule has 238 valence electrons. The van der Waals surface area contributed by atoms with Gasteiger partial charge in [0.15, 0.2) is 40.0 Å². The summed E-state index contributed by atoms with van der Waals surface area (Å²) in [4.78, 5) is 45.0. The van der Waals surface area contributed by atoms with Gasteiger partial charge in [0.05, 0.1) is 23.1 Å². The lowest BCUT2D eigenvalue weighted by Crippen LogP contribution is -2.38. The summed E-state index contributed by atoms with van der Waals surface area (Å²) in [6.45, 7) is 2.91. The molecule has 0 bridgehead atoms. The molecule has 15 heteroatoms. The van der Waals surface area contributed by atoms with Gasteiger partial charge in [0.25, 0.3) is 0 Å². The molecule has 0 atom stereocenters. The average molecular weight is 659 g/mol. The van der Waals surface area contributed by atoms with Crippen LogP contribution in [0, 0.1) is 0 Å². The highest BCUT2D eigenvalue weighted by Gasteiger charge is 2.30. The number of carbonyl (C=O) groups is 3. The van der Waals surface area contributed by atoms with Crippen LogP contribution in [0.4, 0.5) is 0 Å². The zero-order valence-electron chi connectivity index (χ0n) is 24.6. The second-order valence-electron chi connectivity index (χ2n) is 10.4. The SMILES string of the molecule is CS(=O)(=O)c1ccc(C(O)=C2C(=O)CCCC2=O)c(Cl)c1CN1CCOCC1.O=C(O)CC[n+]1ccc(-c2ncccn2)cn1. The van der Waals surface area contributed by atoms with E-state index in [1.807, 2.05) is 11.0 Å². The number of aliphatic hydroxyl groups excluding tert-OH is 1. The molecule has 45 heavy (non-hydrogen) atoms. The summed E-state index contributed by atoms with van der Waals surface area (Å²) in [5.41, 5.74) is 0.983. The standard InChI is InChI=1S/C19H22ClNO6S.C11H10N4O2/c1-28(25,26)16-6-5-12(19(24)17-14(22)3-2-4-15(17)23)18(20)13(16)11-21-7-9-27-10-8-21;16-10(17)3-7-15-6-2-9(8-14-15)11-12-4-1-5-13-11/h5-6,24H,2-4,7-11H2,1H3;1-2,4-6,8H,3,7H2/p+1. The molecule has 1 aliphatic heterocycles. The smallest absolute Gasteiger partial charge is 0.309 e. The van der Waals surface area contributed by atoms with E-state index in [0.717, 1.165) is 11.8 Å². The third-order valence-corrected chi connectivity index (χ3v) is 8.71. The summed E-state index contributed by atoms with van der Waals surface area (Å²) in [6.07, 6.45) is 8.63. The molecular weight excluding hydrogens is 626 g/mol. The molecule has 2 fully saturated rings. The molecule has 1 aliphatic carbocycles. The minimum atomic E-state index is -3.57. The van der Waals surface area contributed by atoms with E-state index in [-0.39, 0.29) is 46.9 Å². The summed E-state index contributed by atoms with van der Waals surface area (Å²) < 4.78 is 31.4. The fourth-order valence-corrected chi connectivity index (χ4v) is 6.08. The first-order chi connectivity index (χ1) is 21.5. The van der Waals surface area contributed by atoms with Gasteiger partial charge in [-0.05, 0) is 29.7 Å². The van der Waals surface area contributed by atoms with Crippen molar-refractivity contribution in [2.45, 2.75) is 43.7 Å². The van der Waals surface area contributed by atoms with Crippen LogP contribution in [0.25, 0.3) is 17.1 Å². The number of aromatic nitrogens is 4. The summed E-state index contributed by atoms with van der Waals surface area (Å²) in [5.74, 6) is -1.57. The largest absolute Gasteiger partial charge is 0.506 e. The van der Waals surface area contributed by atoms with E-state index >= 15 is 0 Å². The highest BCUT2D eigenvalue weighted by atomic mass is 35.5. The summed E-state index contributed by atoms with van der Waals surface area (Å²) in [6, 6.07) is 6.26. The normalized spacial score (nSPS) is 15.7. The number of morpholine rings is 1.